The molecule has 5 nitrogen and oxygen atoms in total. The molecule has 2 heterocycles. The van der Waals surface area contributed by atoms with Crippen molar-refractivity contribution >= 4 is 17.9 Å². The Hall–Kier alpha value is -2.82. The summed E-state index contributed by atoms with van der Waals surface area (Å²) in [5.41, 5.74) is 1.06. The number of benzene rings is 1. The van der Waals surface area contributed by atoms with Crippen LogP contribution in [0, 0.1) is 0 Å². The molecule has 2 amide bonds. The number of hydrogen-bond acceptors (Lipinski definition) is 3. The Balaban J connectivity index is 1.48. The van der Waals surface area contributed by atoms with Crippen LogP contribution in [0.15, 0.2) is 60.9 Å². The topological polar surface area (TPSA) is 48.5 Å². The Morgan fingerprint density at radius 3 is 2.43 bits per heavy atom. The Labute approximate surface area is 136 Å². The van der Waals surface area contributed by atoms with Crippen molar-refractivity contribution < 1.29 is 4.79 Å². The minimum atomic E-state index is -0.0575. The summed E-state index contributed by atoms with van der Waals surface area (Å²) in [5.74, 6) is 0.969. The number of amides is 2. The van der Waals surface area contributed by atoms with Gasteiger partial charge in [-0.15, -0.1) is 0 Å². The number of rotatable bonds is 3. The van der Waals surface area contributed by atoms with Gasteiger partial charge in [0.25, 0.3) is 0 Å². The van der Waals surface area contributed by atoms with Crippen LogP contribution in [0.1, 0.15) is 5.56 Å². The van der Waals surface area contributed by atoms with Gasteiger partial charge in [-0.3, -0.25) is 0 Å². The molecule has 1 N–H and O–H groups in total. The molecule has 118 valence electrons. The number of aromatic nitrogens is 1. The molecule has 0 spiro atoms. The molecule has 1 aliphatic rings. The third-order valence-corrected chi connectivity index (χ3v) is 3.82. The van der Waals surface area contributed by atoms with E-state index in [9.17, 15) is 4.79 Å². The van der Waals surface area contributed by atoms with Crippen LogP contribution in [0.3, 0.4) is 0 Å². The SMILES string of the molecule is O=C(N/C=C/c1ccccc1)N1CCN(c2ccccn2)CC1. The van der Waals surface area contributed by atoms with Crippen molar-refractivity contribution in [1.29, 1.82) is 0 Å². The highest BCUT2D eigenvalue weighted by Crippen LogP contribution is 2.12. The van der Waals surface area contributed by atoms with Crippen LogP contribution in [0.5, 0.6) is 0 Å². The first kappa shape index (κ1) is 15.1. The maximum absolute atomic E-state index is 12.2. The molecule has 3 rings (SSSR count). The standard InChI is InChI=1S/C18H20N4O/c23-18(20-11-9-16-6-2-1-3-7-16)22-14-12-21(13-15-22)17-8-4-5-10-19-17/h1-11H,12-15H2,(H,20,23)/b11-9+. The van der Waals surface area contributed by atoms with Crippen LogP contribution in [0.4, 0.5) is 10.6 Å². The largest absolute Gasteiger partial charge is 0.353 e. The van der Waals surface area contributed by atoms with E-state index in [0.717, 1.165) is 24.5 Å². The number of carbonyl (C=O) groups excluding carboxylic acids is 1. The molecule has 23 heavy (non-hydrogen) atoms. The number of anilines is 1. The van der Waals surface area contributed by atoms with Crippen molar-refractivity contribution in [3.8, 4) is 0 Å². The van der Waals surface area contributed by atoms with Gasteiger partial charge in [-0.2, -0.15) is 0 Å². The van der Waals surface area contributed by atoms with Gasteiger partial charge in [-0.1, -0.05) is 36.4 Å². The zero-order chi connectivity index (χ0) is 15.9. The summed E-state index contributed by atoms with van der Waals surface area (Å²) in [4.78, 5) is 20.5. The number of nitrogens with one attached hydrogen (secondary N) is 1. The normalized spacial score (nSPS) is 15.0. The maximum atomic E-state index is 12.2. The molecule has 0 atom stereocenters. The van der Waals surface area contributed by atoms with Crippen LogP contribution in [-0.2, 0) is 0 Å². The number of urea groups is 1. The van der Waals surface area contributed by atoms with E-state index in [0.29, 0.717) is 13.1 Å². The lowest BCUT2D eigenvalue weighted by atomic mass is 10.2. The fourth-order valence-electron chi connectivity index (χ4n) is 2.54. The minimum Gasteiger partial charge on any atom is -0.353 e. The van der Waals surface area contributed by atoms with E-state index in [1.807, 2.05) is 59.5 Å². The van der Waals surface area contributed by atoms with E-state index in [-0.39, 0.29) is 6.03 Å². The number of carbonyl (C=O) groups is 1. The number of piperazine rings is 1. The van der Waals surface area contributed by atoms with E-state index >= 15 is 0 Å². The van der Waals surface area contributed by atoms with Crippen molar-refractivity contribution in [3.63, 3.8) is 0 Å². The predicted molar refractivity (Wildman–Crippen MR) is 92.0 cm³/mol. The van der Waals surface area contributed by atoms with Crippen LogP contribution in [0.25, 0.3) is 6.08 Å². The highest BCUT2D eigenvalue weighted by molar-refractivity contribution is 5.76. The lowest BCUT2D eigenvalue weighted by Crippen LogP contribution is -2.51. The zero-order valence-corrected chi connectivity index (χ0v) is 12.9. The quantitative estimate of drug-likeness (QED) is 0.948. The van der Waals surface area contributed by atoms with Crippen LogP contribution >= 0.6 is 0 Å². The predicted octanol–water partition coefficient (Wildman–Crippen LogP) is 2.58. The summed E-state index contributed by atoms with van der Waals surface area (Å²) in [6.07, 6.45) is 5.38. The van der Waals surface area contributed by atoms with Crippen molar-refractivity contribution in [3.05, 3.63) is 66.5 Å². The van der Waals surface area contributed by atoms with Gasteiger partial charge in [0.1, 0.15) is 5.82 Å². The summed E-state index contributed by atoms with van der Waals surface area (Å²) >= 11 is 0. The summed E-state index contributed by atoms with van der Waals surface area (Å²) < 4.78 is 0. The lowest BCUT2D eigenvalue weighted by molar-refractivity contribution is 0.198. The molecule has 0 unspecified atom stereocenters. The molecule has 1 saturated heterocycles. The van der Waals surface area contributed by atoms with Gasteiger partial charge in [0.2, 0.25) is 0 Å². The van der Waals surface area contributed by atoms with E-state index in [1.54, 1.807) is 12.4 Å². The first-order chi connectivity index (χ1) is 11.3. The van der Waals surface area contributed by atoms with Crippen LogP contribution in [-0.4, -0.2) is 42.1 Å². The van der Waals surface area contributed by atoms with Crippen molar-refractivity contribution in [2.75, 3.05) is 31.1 Å². The summed E-state index contributed by atoms with van der Waals surface area (Å²) in [7, 11) is 0. The van der Waals surface area contributed by atoms with Crippen LogP contribution < -0.4 is 10.2 Å². The minimum absolute atomic E-state index is 0.0575. The highest BCUT2D eigenvalue weighted by Gasteiger charge is 2.20. The molecular formula is C18H20N4O. The Morgan fingerprint density at radius 1 is 1.00 bits per heavy atom. The van der Waals surface area contributed by atoms with E-state index in [1.165, 1.54) is 0 Å². The smallest absolute Gasteiger partial charge is 0.321 e. The lowest BCUT2D eigenvalue weighted by Gasteiger charge is -2.35. The number of pyridine rings is 1. The molecule has 1 aromatic heterocycles. The first-order valence-corrected chi connectivity index (χ1v) is 7.76. The molecule has 0 saturated carbocycles. The molecule has 1 fully saturated rings. The highest BCUT2D eigenvalue weighted by atomic mass is 16.2. The van der Waals surface area contributed by atoms with Gasteiger partial charge in [0.05, 0.1) is 0 Å². The van der Waals surface area contributed by atoms with Gasteiger partial charge in [0, 0.05) is 38.6 Å². The Kier molecular flexibility index (Phi) is 4.88. The van der Waals surface area contributed by atoms with Crippen molar-refractivity contribution in [2.24, 2.45) is 0 Å². The van der Waals surface area contributed by atoms with Gasteiger partial charge in [-0.25, -0.2) is 9.78 Å². The second kappa shape index (κ2) is 7.45. The molecule has 0 radical (unpaired) electrons. The van der Waals surface area contributed by atoms with Crippen molar-refractivity contribution in [1.82, 2.24) is 15.2 Å². The summed E-state index contributed by atoms with van der Waals surface area (Å²) in [5, 5.41) is 2.83. The van der Waals surface area contributed by atoms with Gasteiger partial charge < -0.3 is 15.1 Å². The van der Waals surface area contributed by atoms with Crippen LogP contribution in [0.2, 0.25) is 0 Å². The zero-order valence-electron chi connectivity index (χ0n) is 12.9. The number of nitrogens with zero attached hydrogens (tertiary/aromatic N) is 3. The maximum Gasteiger partial charge on any atom is 0.321 e. The Morgan fingerprint density at radius 2 is 1.74 bits per heavy atom. The molecule has 0 bridgehead atoms. The van der Waals surface area contributed by atoms with Gasteiger partial charge >= 0.3 is 6.03 Å². The third-order valence-electron chi connectivity index (χ3n) is 3.82. The molecule has 1 aromatic carbocycles. The van der Waals surface area contributed by atoms with E-state index < -0.39 is 0 Å². The average Bonchev–Trinajstić information content (AvgIpc) is 2.63. The Bertz CT molecular complexity index is 649. The fourth-order valence-corrected chi connectivity index (χ4v) is 2.54. The molecule has 2 aromatic rings. The van der Waals surface area contributed by atoms with Gasteiger partial charge in [0.15, 0.2) is 0 Å². The number of hydrogen-bond donors (Lipinski definition) is 1. The second-order valence-corrected chi connectivity index (χ2v) is 5.36. The summed E-state index contributed by atoms with van der Waals surface area (Å²) in [6, 6.07) is 15.7. The molecule has 5 heteroatoms. The molecular weight excluding hydrogens is 288 g/mol. The van der Waals surface area contributed by atoms with E-state index in [2.05, 4.69) is 15.2 Å². The van der Waals surface area contributed by atoms with Gasteiger partial charge in [-0.05, 0) is 23.8 Å². The molecule has 0 aliphatic carbocycles. The van der Waals surface area contributed by atoms with E-state index in [4.69, 9.17) is 0 Å². The molecule has 1 aliphatic heterocycles. The fraction of sp³-hybridized carbons (Fsp3) is 0.222. The van der Waals surface area contributed by atoms with Crippen molar-refractivity contribution in [2.45, 2.75) is 0 Å². The average molecular weight is 308 g/mol. The third kappa shape index (κ3) is 4.10. The first-order valence-electron chi connectivity index (χ1n) is 7.76. The second-order valence-electron chi connectivity index (χ2n) is 5.36. The summed E-state index contributed by atoms with van der Waals surface area (Å²) in [6.45, 7) is 2.99. The monoisotopic (exact) mass is 308 g/mol.